The number of hydrogen-bond acceptors (Lipinski definition) is 5. The fourth-order valence-electron chi connectivity index (χ4n) is 3.41. The Morgan fingerprint density at radius 2 is 1.96 bits per heavy atom. The minimum absolute atomic E-state index is 0.146. The molecule has 4 rings (SSSR count). The van der Waals surface area contributed by atoms with Gasteiger partial charge in [0.05, 0.1) is 16.8 Å². The van der Waals surface area contributed by atoms with Gasteiger partial charge in [0.15, 0.2) is 0 Å². The summed E-state index contributed by atoms with van der Waals surface area (Å²) < 4.78 is 25.9. The molecule has 3 heterocycles. The van der Waals surface area contributed by atoms with Crippen molar-refractivity contribution in [3.05, 3.63) is 42.6 Å². The van der Waals surface area contributed by atoms with Gasteiger partial charge >= 0.3 is 0 Å². The van der Waals surface area contributed by atoms with Crippen molar-refractivity contribution in [1.82, 2.24) is 19.3 Å². The van der Waals surface area contributed by atoms with E-state index in [2.05, 4.69) is 19.9 Å². The first kappa shape index (κ1) is 17.9. The number of sulfonamides is 1. The second-order valence-corrected chi connectivity index (χ2v) is 8.90. The van der Waals surface area contributed by atoms with Gasteiger partial charge in [-0.3, -0.25) is 0 Å². The normalized spacial score (nSPS) is 16.6. The van der Waals surface area contributed by atoms with Crippen LogP contribution in [-0.2, 0) is 10.0 Å². The zero-order chi connectivity index (χ0) is 18.9. The number of nitrogens with zero attached hydrogens (tertiary/aromatic N) is 4. The fraction of sp³-hybridized carbons (Fsp3) is 0.368. The molecule has 0 bridgehead atoms. The Morgan fingerprint density at radius 3 is 2.78 bits per heavy atom. The monoisotopic (exact) mass is 385 g/mol. The number of aromatic nitrogens is 3. The Labute approximate surface area is 159 Å². The maximum Gasteiger partial charge on any atom is 0.213 e. The topological polar surface area (TPSA) is 82.2 Å². The van der Waals surface area contributed by atoms with E-state index < -0.39 is 10.0 Å². The number of hydrogen-bond donors (Lipinski definition) is 1. The van der Waals surface area contributed by atoms with Gasteiger partial charge in [-0.05, 0) is 37.6 Å². The first-order chi connectivity index (χ1) is 13.1. The zero-order valence-corrected chi connectivity index (χ0v) is 16.1. The molecule has 0 saturated carbocycles. The van der Waals surface area contributed by atoms with Crippen LogP contribution in [0.25, 0.3) is 22.4 Å². The van der Waals surface area contributed by atoms with E-state index in [1.165, 1.54) is 0 Å². The summed E-state index contributed by atoms with van der Waals surface area (Å²) in [5.41, 5.74) is 2.90. The van der Waals surface area contributed by atoms with E-state index in [-0.39, 0.29) is 5.75 Å². The summed E-state index contributed by atoms with van der Waals surface area (Å²) in [6.45, 7) is 4.17. The number of rotatable bonds is 4. The van der Waals surface area contributed by atoms with Gasteiger partial charge in [-0.1, -0.05) is 12.1 Å². The van der Waals surface area contributed by atoms with Crippen molar-refractivity contribution in [3.63, 3.8) is 0 Å². The molecule has 0 radical (unpaired) electrons. The molecule has 1 aromatic carbocycles. The number of nitrogens with one attached hydrogen (secondary N) is 1. The van der Waals surface area contributed by atoms with Crippen LogP contribution in [0.15, 0.2) is 42.6 Å². The lowest BCUT2D eigenvalue weighted by molar-refractivity contribution is 0.434. The third kappa shape index (κ3) is 3.68. The number of pyridine rings is 1. The highest BCUT2D eigenvalue weighted by atomic mass is 32.2. The van der Waals surface area contributed by atoms with Crippen molar-refractivity contribution in [2.75, 3.05) is 36.8 Å². The minimum atomic E-state index is -3.14. The fourth-order valence-corrected chi connectivity index (χ4v) is 4.54. The lowest BCUT2D eigenvalue weighted by Crippen LogP contribution is -2.36. The molecular formula is C19H23N5O2S. The van der Waals surface area contributed by atoms with Crippen LogP contribution in [0.4, 0.5) is 5.82 Å². The molecular weight excluding hydrogens is 362 g/mol. The molecule has 1 aliphatic heterocycles. The Morgan fingerprint density at radius 1 is 1.11 bits per heavy atom. The standard InChI is InChI=1S/C19H23N5O2S/c1-2-27(25,26)24-11-5-10-23(12-13-24)18-14-15(8-9-20-18)19-21-16-6-3-4-7-17(16)22-19/h3-4,6-9,14H,2,5,10-13H2,1H3,(H,21,22). The van der Waals surface area contributed by atoms with Crippen LogP contribution >= 0.6 is 0 Å². The molecule has 8 heteroatoms. The number of anilines is 1. The molecule has 1 aliphatic rings. The maximum absolute atomic E-state index is 12.2. The Kier molecular flexibility index (Phi) is 4.84. The SMILES string of the molecule is CCS(=O)(=O)N1CCCN(c2cc(-c3nc4ccccc4[nH]3)ccn2)CC1. The molecule has 0 spiro atoms. The number of benzene rings is 1. The van der Waals surface area contributed by atoms with Crippen molar-refractivity contribution >= 4 is 26.9 Å². The van der Waals surface area contributed by atoms with Gasteiger partial charge in [0.25, 0.3) is 0 Å². The van der Waals surface area contributed by atoms with Crippen LogP contribution in [0.3, 0.4) is 0 Å². The van der Waals surface area contributed by atoms with Gasteiger partial charge in [-0.15, -0.1) is 0 Å². The highest BCUT2D eigenvalue weighted by Crippen LogP contribution is 2.24. The molecule has 0 atom stereocenters. The highest BCUT2D eigenvalue weighted by molar-refractivity contribution is 7.89. The summed E-state index contributed by atoms with van der Waals surface area (Å²) in [5, 5.41) is 0. The summed E-state index contributed by atoms with van der Waals surface area (Å²) in [5.74, 6) is 1.81. The summed E-state index contributed by atoms with van der Waals surface area (Å²) in [6.07, 6.45) is 2.57. The minimum Gasteiger partial charge on any atom is -0.355 e. The van der Waals surface area contributed by atoms with Gasteiger partial charge in [0, 0.05) is 37.9 Å². The van der Waals surface area contributed by atoms with Crippen LogP contribution in [0.2, 0.25) is 0 Å². The van der Waals surface area contributed by atoms with E-state index in [1.54, 1.807) is 17.4 Å². The van der Waals surface area contributed by atoms with E-state index in [4.69, 9.17) is 0 Å². The molecule has 1 saturated heterocycles. The molecule has 0 aliphatic carbocycles. The van der Waals surface area contributed by atoms with Crippen molar-refractivity contribution < 1.29 is 8.42 Å². The molecule has 142 valence electrons. The van der Waals surface area contributed by atoms with E-state index in [0.717, 1.165) is 41.2 Å². The Balaban J connectivity index is 1.57. The maximum atomic E-state index is 12.2. The predicted molar refractivity (Wildman–Crippen MR) is 107 cm³/mol. The number of fused-ring (bicyclic) bond motifs is 1. The van der Waals surface area contributed by atoms with Crippen LogP contribution in [0.5, 0.6) is 0 Å². The molecule has 7 nitrogen and oxygen atoms in total. The third-order valence-electron chi connectivity index (χ3n) is 4.95. The van der Waals surface area contributed by atoms with Crippen LogP contribution in [0, 0.1) is 0 Å². The van der Waals surface area contributed by atoms with Gasteiger partial charge in [-0.25, -0.2) is 22.7 Å². The lowest BCUT2D eigenvalue weighted by Gasteiger charge is -2.22. The van der Waals surface area contributed by atoms with Crippen LogP contribution < -0.4 is 4.90 Å². The molecule has 0 unspecified atom stereocenters. The number of H-pyrrole nitrogens is 1. The number of aromatic amines is 1. The van der Waals surface area contributed by atoms with Gasteiger partial charge in [-0.2, -0.15) is 0 Å². The largest absolute Gasteiger partial charge is 0.355 e. The lowest BCUT2D eigenvalue weighted by atomic mass is 10.2. The number of imidazole rings is 1. The van der Waals surface area contributed by atoms with Crippen LogP contribution in [-0.4, -0.2) is 59.6 Å². The van der Waals surface area contributed by atoms with E-state index in [1.807, 2.05) is 36.4 Å². The predicted octanol–water partition coefficient (Wildman–Crippen LogP) is 2.49. The second-order valence-electron chi connectivity index (χ2n) is 6.65. The quantitative estimate of drug-likeness (QED) is 0.746. The first-order valence-electron chi connectivity index (χ1n) is 9.21. The first-order valence-corrected chi connectivity index (χ1v) is 10.8. The second kappa shape index (κ2) is 7.28. The van der Waals surface area contributed by atoms with Crippen molar-refractivity contribution in [3.8, 4) is 11.4 Å². The summed E-state index contributed by atoms with van der Waals surface area (Å²) in [7, 11) is -3.14. The molecule has 1 N–H and O–H groups in total. The van der Waals surface area contributed by atoms with E-state index >= 15 is 0 Å². The average molecular weight is 385 g/mol. The van der Waals surface area contributed by atoms with Crippen molar-refractivity contribution in [1.29, 1.82) is 0 Å². The van der Waals surface area contributed by atoms with Crippen molar-refractivity contribution in [2.24, 2.45) is 0 Å². The van der Waals surface area contributed by atoms with Gasteiger partial charge in [0.2, 0.25) is 10.0 Å². The summed E-state index contributed by atoms with van der Waals surface area (Å²) in [6, 6.07) is 11.9. The van der Waals surface area contributed by atoms with Crippen LogP contribution in [0.1, 0.15) is 13.3 Å². The molecule has 27 heavy (non-hydrogen) atoms. The van der Waals surface area contributed by atoms with Gasteiger partial charge < -0.3 is 9.88 Å². The smallest absolute Gasteiger partial charge is 0.213 e. The van der Waals surface area contributed by atoms with E-state index in [0.29, 0.717) is 19.6 Å². The average Bonchev–Trinajstić information content (AvgIpc) is 2.96. The third-order valence-corrected chi connectivity index (χ3v) is 6.83. The number of para-hydroxylation sites is 2. The Bertz CT molecular complexity index is 1010. The van der Waals surface area contributed by atoms with E-state index in [9.17, 15) is 8.42 Å². The molecule has 2 aromatic heterocycles. The van der Waals surface area contributed by atoms with Crippen molar-refractivity contribution in [2.45, 2.75) is 13.3 Å². The zero-order valence-electron chi connectivity index (χ0n) is 15.3. The molecule has 1 fully saturated rings. The Hall–Kier alpha value is -2.45. The summed E-state index contributed by atoms with van der Waals surface area (Å²) in [4.78, 5) is 14.7. The summed E-state index contributed by atoms with van der Waals surface area (Å²) >= 11 is 0. The van der Waals surface area contributed by atoms with Gasteiger partial charge in [0.1, 0.15) is 11.6 Å². The highest BCUT2D eigenvalue weighted by Gasteiger charge is 2.24. The molecule has 0 amide bonds. The molecule has 3 aromatic rings.